The van der Waals surface area contributed by atoms with Crippen LogP contribution in [0, 0.1) is 17.0 Å². The highest BCUT2D eigenvalue weighted by molar-refractivity contribution is 6.03. The minimum absolute atomic E-state index is 0.102. The van der Waals surface area contributed by atoms with Crippen LogP contribution in [0.15, 0.2) is 53.6 Å². The van der Waals surface area contributed by atoms with Crippen LogP contribution in [-0.2, 0) is 14.3 Å². The van der Waals surface area contributed by atoms with Crippen LogP contribution in [0.1, 0.15) is 50.8 Å². The Hall–Kier alpha value is -3.17. The molecule has 2 aliphatic heterocycles. The lowest BCUT2D eigenvalue weighted by molar-refractivity contribution is -0.142. The molecule has 1 atom stereocenters. The van der Waals surface area contributed by atoms with Crippen LogP contribution in [0.5, 0.6) is 0 Å². The summed E-state index contributed by atoms with van der Waals surface area (Å²) in [5.41, 5.74) is 1.21. The predicted molar refractivity (Wildman–Crippen MR) is 141 cm³/mol. The molecule has 0 aromatic heterocycles. The summed E-state index contributed by atoms with van der Waals surface area (Å²) < 4.78 is 33.7. The van der Waals surface area contributed by atoms with Crippen LogP contribution < -0.4 is 0 Å². The summed E-state index contributed by atoms with van der Waals surface area (Å²) in [6, 6.07) is 11.7. The molecule has 0 unspecified atom stereocenters. The number of nitrogens with zero attached hydrogens (tertiary/aromatic N) is 4. The van der Waals surface area contributed by atoms with Gasteiger partial charge >= 0.3 is 0 Å². The van der Waals surface area contributed by atoms with Crippen molar-refractivity contribution in [2.75, 3.05) is 45.9 Å². The van der Waals surface area contributed by atoms with E-state index >= 15 is 0 Å². The van der Waals surface area contributed by atoms with Crippen molar-refractivity contribution in [1.82, 2.24) is 14.8 Å². The molecular weight excluding hydrogens is 490 g/mol. The number of halogens is 2. The maximum absolute atomic E-state index is 14.6. The van der Waals surface area contributed by atoms with E-state index in [1.165, 1.54) is 23.2 Å². The van der Waals surface area contributed by atoms with Crippen molar-refractivity contribution in [2.45, 2.75) is 39.7 Å². The Morgan fingerprint density at radius 1 is 1.05 bits per heavy atom. The molecule has 2 aromatic carbocycles. The van der Waals surface area contributed by atoms with E-state index in [4.69, 9.17) is 4.74 Å². The summed E-state index contributed by atoms with van der Waals surface area (Å²) in [6.07, 6.45) is 0.580. The van der Waals surface area contributed by atoms with E-state index in [9.17, 15) is 18.4 Å². The van der Waals surface area contributed by atoms with Crippen LogP contribution >= 0.6 is 0 Å². The monoisotopic (exact) mass is 526 g/mol. The first-order chi connectivity index (χ1) is 18.1. The first-order valence-corrected chi connectivity index (χ1v) is 13.1. The Labute approximate surface area is 223 Å². The molecule has 2 heterocycles. The Morgan fingerprint density at radius 2 is 1.74 bits per heavy atom. The largest absolute Gasteiger partial charge is 0.379 e. The number of hydrazone groups is 1. The average molecular weight is 527 g/mol. The number of benzene rings is 2. The van der Waals surface area contributed by atoms with E-state index in [-0.39, 0.29) is 36.0 Å². The molecule has 0 bridgehead atoms. The van der Waals surface area contributed by atoms with Crippen molar-refractivity contribution in [2.24, 2.45) is 10.5 Å². The van der Waals surface area contributed by atoms with Gasteiger partial charge in [0.05, 0.1) is 25.0 Å². The second-order valence-corrected chi connectivity index (χ2v) is 11.0. The number of carbonyl (C=O) groups is 2. The number of morpholine rings is 1. The molecule has 0 spiro atoms. The molecule has 1 saturated heterocycles. The smallest absolute Gasteiger partial charge is 0.262 e. The normalized spacial score (nSPS) is 18.4. The summed E-state index contributed by atoms with van der Waals surface area (Å²) in [6.45, 7) is 9.72. The Morgan fingerprint density at radius 3 is 2.39 bits per heavy atom. The van der Waals surface area contributed by atoms with E-state index in [0.717, 1.165) is 13.1 Å². The average Bonchev–Trinajstić information content (AvgIpc) is 3.32. The minimum atomic E-state index is -0.531. The second kappa shape index (κ2) is 12.1. The van der Waals surface area contributed by atoms with Gasteiger partial charge in [-0.05, 0) is 29.2 Å². The fourth-order valence-corrected chi connectivity index (χ4v) is 4.72. The van der Waals surface area contributed by atoms with Crippen LogP contribution in [0.4, 0.5) is 8.78 Å². The van der Waals surface area contributed by atoms with Crippen molar-refractivity contribution in [1.29, 1.82) is 0 Å². The first kappa shape index (κ1) is 27.9. The number of amides is 2. The number of hydrogen-bond donors (Lipinski definition) is 0. The van der Waals surface area contributed by atoms with Gasteiger partial charge in [0.2, 0.25) is 5.91 Å². The molecule has 7 nitrogen and oxygen atoms in total. The molecule has 2 aromatic rings. The molecule has 0 saturated carbocycles. The van der Waals surface area contributed by atoms with Crippen LogP contribution in [0.2, 0.25) is 0 Å². The SMILES string of the molecule is CC(C)(C)CC(=O)N(CCN1CCOCC1)CC(=O)N1N=C(c2ccccc2F)C[C@@H]1c1ccc(F)cc1. The Balaban J connectivity index is 1.58. The van der Waals surface area contributed by atoms with Crippen molar-refractivity contribution < 1.29 is 23.1 Å². The fourth-order valence-electron chi connectivity index (χ4n) is 4.72. The molecule has 2 amide bonds. The molecule has 38 heavy (non-hydrogen) atoms. The maximum atomic E-state index is 14.6. The molecule has 0 radical (unpaired) electrons. The quantitative estimate of drug-likeness (QED) is 0.516. The van der Waals surface area contributed by atoms with Gasteiger partial charge in [-0.2, -0.15) is 5.10 Å². The molecule has 0 N–H and O–H groups in total. The summed E-state index contributed by atoms with van der Waals surface area (Å²) >= 11 is 0. The Kier molecular flexibility index (Phi) is 8.89. The summed E-state index contributed by atoms with van der Waals surface area (Å²) in [7, 11) is 0. The van der Waals surface area contributed by atoms with Gasteiger partial charge < -0.3 is 9.64 Å². The van der Waals surface area contributed by atoms with Crippen LogP contribution in [-0.4, -0.2) is 78.3 Å². The number of rotatable bonds is 8. The number of hydrogen-bond acceptors (Lipinski definition) is 5. The zero-order valence-electron chi connectivity index (χ0n) is 22.3. The van der Waals surface area contributed by atoms with Crippen molar-refractivity contribution in [3.63, 3.8) is 0 Å². The van der Waals surface area contributed by atoms with E-state index in [1.54, 1.807) is 35.2 Å². The maximum Gasteiger partial charge on any atom is 0.262 e. The summed E-state index contributed by atoms with van der Waals surface area (Å²) in [5, 5.41) is 5.87. The fraction of sp³-hybridized carbons (Fsp3) is 0.483. The lowest BCUT2D eigenvalue weighted by Crippen LogP contribution is -2.47. The molecule has 0 aliphatic carbocycles. The Bertz CT molecular complexity index is 1160. The van der Waals surface area contributed by atoms with Gasteiger partial charge in [0.1, 0.15) is 18.2 Å². The van der Waals surface area contributed by atoms with E-state index < -0.39 is 11.9 Å². The van der Waals surface area contributed by atoms with E-state index in [0.29, 0.717) is 49.6 Å². The van der Waals surface area contributed by atoms with Crippen molar-refractivity contribution >= 4 is 17.5 Å². The number of ether oxygens (including phenoxy) is 1. The van der Waals surface area contributed by atoms with E-state index in [2.05, 4.69) is 10.0 Å². The minimum Gasteiger partial charge on any atom is -0.379 e. The topological polar surface area (TPSA) is 65.5 Å². The van der Waals surface area contributed by atoms with Gasteiger partial charge in [-0.25, -0.2) is 13.8 Å². The van der Waals surface area contributed by atoms with Gasteiger partial charge in [0.25, 0.3) is 5.91 Å². The highest BCUT2D eigenvalue weighted by Gasteiger charge is 2.35. The molecule has 2 aliphatic rings. The van der Waals surface area contributed by atoms with E-state index in [1.807, 2.05) is 20.8 Å². The zero-order chi connectivity index (χ0) is 27.3. The standard InChI is InChI=1S/C29H36F2N4O3/c1-29(2,3)19-27(36)34(13-12-33-14-16-38-17-15-33)20-28(37)35-26(21-8-10-22(30)11-9-21)18-25(32-35)23-6-4-5-7-24(23)31/h4-11,26H,12-20H2,1-3H3/t26-/m1/s1. The third-order valence-corrected chi connectivity index (χ3v) is 6.76. The van der Waals surface area contributed by atoms with Crippen molar-refractivity contribution in [3.05, 3.63) is 71.3 Å². The predicted octanol–water partition coefficient (Wildman–Crippen LogP) is 4.24. The van der Waals surface area contributed by atoms with Gasteiger partial charge in [-0.1, -0.05) is 51.1 Å². The molecule has 9 heteroatoms. The van der Waals surface area contributed by atoms with Gasteiger partial charge in [-0.3, -0.25) is 14.5 Å². The summed E-state index contributed by atoms with van der Waals surface area (Å²) in [4.78, 5) is 30.8. The lowest BCUT2D eigenvalue weighted by Gasteiger charge is -2.32. The van der Waals surface area contributed by atoms with Crippen LogP contribution in [0.25, 0.3) is 0 Å². The van der Waals surface area contributed by atoms with Crippen molar-refractivity contribution in [3.8, 4) is 0 Å². The third-order valence-electron chi connectivity index (χ3n) is 6.76. The van der Waals surface area contributed by atoms with Gasteiger partial charge in [0.15, 0.2) is 0 Å². The molecule has 1 fully saturated rings. The third kappa shape index (κ3) is 7.23. The lowest BCUT2D eigenvalue weighted by atomic mass is 9.91. The molecular formula is C29H36F2N4O3. The highest BCUT2D eigenvalue weighted by Crippen LogP contribution is 2.33. The first-order valence-electron chi connectivity index (χ1n) is 13.1. The summed E-state index contributed by atoms with van der Waals surface area (Å²) in [5.74, 6) is -1.28. The second-order valence-electron chi connectivity index (χ2n) is 11.0. The van der Waals surface area contributed by atoms with Gasteiger partial charge in [-0.15, -0.1) is 0 Å². The highest BCUT2D eigenvalue weighted by atomic mass is 19.1. The zero-order valence-corrected chi connectivity index (χ0v) is 22.3. The van der Waals surface area contributed by atoms with Crippen LogP contribution in [0.3, 0.4) is 0 Å². The molecule has 204 valence electrons. The number of carbonyl (C=O) groups excluding carboxylic acids is 2. The molecule has 4 rings (SSSR count). The van der Waals surface area contributed by atoms with Gasteiger partial charge in [0, 0.05) is 44.6 Å².